The number of carboxylic acid groups (broad SMARTS) is 1. The number of benzene rings is 1. The van der Waals surface area contributed by atoms with Crippen LogP contribution in [-0.4, -0.2) is 43.7 Å². The van der Waals surface area contributed by atoms with Crippen LogP contribution in [0.1, 0.15) is 18.9 Å². The molecule has 0 heterocycles. The number of carbonyl (C=O) groups is 2. The molecule has 0 saturated carbocycles. The van der Waals surface area contributed by atoms with E-state index in [1.807, 2.05) is 0 Å². The van der Waals surface area contributed by atoms with Crippen molar-refractivity contribution in [2.45, 2.75) is 31.8 Å². The van der Waals surface area contributed by atoms with Crippen LogP contribution in [-0.2, 0) is 26.0 Å². The largest absolute Gasteiger partial charge is 0.481 e. The third-order valence-electron chi connectivity index (χ3n) is 2.92. The minimum Gasteiger partial charge on any atom is -0.481 e. The number of nitrogens with two attached hydrogens (primary N) is 1. The Morgan fingerprint density at radius 1 is 1.26 bits per heavy atom. The Hall–Kier alpha value is -2.13. The molecule has 0 aliphatic carbocycles. The predicted molar refractivity (Wildman–Crippen MR) is 86.4 cm³/mol. The Labute approximate surface area is 135 Å². The summed E-state index contributed by atoms with van der Waals surface area (Å²) in [5.74, 6) is -1.65. The standard InChI is InChI=1S/C14H21N3O5S/c1-9(16-14(20)12(15)8-13(18)19)7-10-3-5-11(6-4-10)17-23(2,21)22/h3-6,9,12,17H,7-8,15H2,1-2H3,(H,16,20)(H,18,19)/t9-,12-/m0/s1. The van der Waals surface area contributed by atoms with Crippen molar-refractivity contribution < 1.29 is 23.1 Å². The first-order valence-electron chi connectivity index (χ1n) is 6.91. The Balaban J connectivity index is 2.55. The smallest absolute Gasteiger partial charge is 0.305 e. The molecule has 1 rings (SSSR count). The lowest BCUT2D eigenvalue weighted by molar-refractivity contribution is -0.139. The third kappa shape index (κ3) is 7.61. The number of rotatable bonds is 8. The summed E-state index contributed by atoms with van der Waals surface area (Å²) in [7, 11) is -3.32. The van der Waals surface area contributed by atoms with E-state index in [9.17, 15) is 18.0 Å². The van der Waals surface area contributed by atoms with E-state index < -0.39 is 34.4 Å². The molecular formula is C14H21N3O5S. The van der Waals surface area contributed by atoms with Gasteiger partial charge in [0.1, 0.15) is 0 Å². The Morgan fingerprint density at radius 3 is 2.30 bits per heavy atom. The van der Waals surface area contributed by atoms with Crippen LogP contribution in [0.3, 0.4) is 0 Å². The summed E-state index contributed by atoms with van der Waals surface area (Å²) in [6, 6.07) is 5.41. The summed E-state index contributed by atoms with van der Waals surface area (Å²) in [6.45, 7) is 1.77. The molecule has 0 aromatic heterocycles. The van der Waals surface area contributed by atoms with Gasteiger partial charge >= 0.3 is 5.97 Å². The normalized spacial score (nSPS) is 13.9. The fourth-order valence-electron chi connectivity index (χ4n) is 1.96. The highest BCUT2D eigenvalue weighted by atomic mass is 32.2. The highest BCUT2D eigenvalue weighted by Gasteiger charge is 2.18. The third-order valence-corrected chi connectivity index (χ3v) is 3.53. The van der Waals surface area contributed by atoms with Gasteiger partial charge in [-0.05, 0) is 31.0 Å². The number of aliphatic carboxylic acids is 1. The fourth-order valence-corrected chi connectivity index (χ4v) is 2.52. The highest BCUT2D eigenvalue weighted by Crippen LogP contribution is 2.12. The summed E-state index contributed by atoms with van der Waals surface area (Å²) in [4.78, 5) is 22.2. The molecule has 0 fully saturated rings. The maximum absolute atomic E-state index is 11.7. The molecule has 23 heavy (non-hydrogen) atoms. The van der Waals surface area contributed by atoms with Crippen molar-refractivity contribution in [2.24, 2.45) is 5.73 Å². The first kappa shape index (κ1) is 18.9. The molecule has 0 aliphatic rings. The molecule has 0 saturated heterocycles. The van der Waals surface area contributed by atoms with Crippen molar-refractivity contribution in [3.63, 3.8) is 0 Å². The van der Waals surface area contributed by atoms with E-state index in [2.05, 4.69) is 10.0 Å². The van der Waals surface area contributed by atoms with Crippen molar-refractivity contribution in [3.05, 3.63) is 29.8 Å². The number of hydrogen-bond donors (Lipinski definition) is 4. The quantitative estimate of drug-likeness (QED) is 0.520. The van der Waals surface area contributed by atoms with Gasteiger partial charge in [-0.2, -0.15) is 0 Å². The van der Waals surface area contributed by atoms with Gasteiger partial charge in [0.05, 0.1) is 18.7 Å². The molecule has 1 aromatic rings. The van der Waals surface area contributed by atoms with Crippen LogP contribution >= 0.6 is 0 Å². The lowest BCUT2D eigenvalue weighted by Crippen LogP contribution is -2.46. The molecule has 128 valence electrons. The fraction of sp³-hybridized carbons (Fsp3) is 0.429. The molecule has 0 spiro atoms. The average Bonchev–Trinajstić information content (AvgIpc) is 2.38. The molecule has 0 bridgehead atoms. The monoisotopic (exact) mass is 343 g/mol. The number of carboxylic acids is 1. The summed E-state index contributed by atoms with van der Waals surface area (Å²) in [6.07, 6.45) is 1.15. The predicted octanol–water partition coefficient (Wildman–Crippen LogP) is -0.0927. The molecule has 9 heteroatoms. The topological polar surface area (TPSA) is 139 Å². The average molecular weight is 343 g/mol. The van der Waals surface area contributed by atoms with Crippen LogP contribution < -0.4 is 15.8 Å². The number of nitrogens with one attached hydrogen (secondary N) is 2. The van der Waals surface area contributed by atoms with E-state index >= 15 is 0 Å². The second kappa shape index (κ2) is 7.93. The van der Waals surface area contributed by atoms with Crippen molar-refractivity contribution in [2.75, 3.05) is 11.0 Å². The number of hydrogen-bond acceptors (Lipinski definition) is 5. The van der Waals surface area contributed by atoms with E-state index in [1.165, 1.54) is 0 Å². The van der Waals surface area contributed by atoms with Crippen molar-refractivity contribution >= 4 is 27.6 Å². The van der Waals surface area contributed by atoms with Crippen LogP contribution in [0.15, 0.2) is 24.3 Å². The summed E-state index contributed by atoms with van der Waals surface area (Å²) in [5.41, 5.74) is 6.83. The molecule has 1 amide bonds. The van der Waals surface area contributed by atoms with Crippen molar-refractivity contribution in [1.82, 2.24) is 5.32 Å². The van der Waals surface area contributed by atoms with E-state index in [1.54, 1.807) is 31.2 Å². The van der Waals surface area contributed by atoms with Crippen molar-refractivity contribution in [3.8, 4) is 0 Å². The minimum absolute atomic E-state index is 0.240. The zero-order chi connectivity index (χ0) is 17.6. The maximum Gasteiger partial charge on any atom is 0.305 e. The van der Waals surface area contributed by atoms with Gasteiger partial charge in [0.2, 0.25) is 15.9 Å². The van der Waals surface area contributed by atoms with E-state index in [0.29, 0.717) is 12.1 Å². The Morgan fingerprint density at radius 2 is 1.83 bits per heavy atom. The van der Waals surface area contributed by atoms with Crippen LogP contribution in [0.5, 0.6) is 0 Å². The van der Waals surface area contributed by atoms with Gasteiger partial charge in [0.15, 0.2) is 0 Å². The zero-order valence-electron chi connectivity index (χ0n) is 12.9. The van der Waals surface area contributed by atoms with Gasteiger partial charge in [-0.1, -0.05) is 12.1 Å². The van der Waals surface area contributed by atoms with Gasteiger partial charge in [0, 0.05) is 11.7 Å². The molecule has 0 unspecified atom stereocenters. The van der Waals surface area contributed by atoms with Crippen LogP contribution in [0.4, 0.5) is 5.69 Å². The molecular weight excluding hydrogens is 322 g/mol. The lowest BCUT2D eigenvalue weighted by atomic mass is 10.1. The first-order chi connectivity index (χ1) is 10.6. The first-order valence-corrected chi connectivity index (χ1v) is 8.80. The molecule has 1 aromatic carbocycles. The Kier molecular flexibility index (Phi) is 6.52. The number of anilines is 1. The minimum atomic E-state index is -3.32. The number of carbonyl (C=O) groups excluding carboxylic acids is 1. The van der Waals surface area contributed by atoms with Gasteiger partial charge in [0.25, 0.3) is 0 Å². The Bertz CT molecular complexity index is 657. The summed E-state index contributed by atoms with van der Waals surface area (Å²) >= 11 is 0. The van der Waals surface area contributed by atoms with E-state index in [0.717, 1.165) is 11.8 Å². The lowest BCUT2D eigenvalue weighted by Gasteiger charge is -2.17. The SMILES string of the molecule is C[C@@H](Cc1ccc(NS(C)(=O)=O)cc1)NC(=O)[C@@H](N)CC(=O)O. The molecule has 5 N–H and O–H groups in total. The van der Waals surface area contributed by atoms with Crippen LogP contribution in [0, 0.1) is 0 Å². The molecule has 0 aliphatic heterocycles. The van der Waals surface area contributed by atoms with E-state index in [-0.39, 0.29) is 6.04 Å². The second-order valence-electron chi connectivity index (χ2n) is 5.39. The van der Waals surface area contributed by atoms with Crippen LogP contribution in [0.25, 0.3) is 0 Å². The molecule has 8 nitrogen and oxygen atoms in total. The molecule has 2 atom stereocenters. The van der Waals surface area contributed by atoms with Gasteiger partial charge in [-0.15, -0.1) is 0 Å². The van der Waals surface area contributed by atoms with Gasteiger partial charge in [-0.25, -0.2) is 8.42 Å². The van der Waals surface area contributed by atoms with Crippen molar-refractivity contribution in [1.29, 1.82) is 0 Å². The maximum atomic E-state index is 11.7. The molecule has 0 radical (unpaired) electrons. The highest BCUT2D eigenvalue weighted by molar-refractivity contribution is 7.92. The van der Waals surface area contributed by atoms with Gasteiger partial charge < -0.3 is 16.2 Å². The summed E-state index contributed by atoms with van der Waals surface area (Å²) in [5, 5.41) is 11.2. The second-order valence-corrected chi connectivity index (χ2v) is 7.14. The summed E-state index contributed by atoms with van der Waals surface area (Å²) < 4.78 is 24.6. The van der Waals surface area contributed by atoms with E-state index in [4.69, 9.17) is 10.8 Å². The number of sulfonamides is 1. The van der Waals surface area contributed by atoms with Crippen LogP contribution in [0.2, 0.25) is 0 Å². The zero-order valence-corrected chi connectivity index (χ0v) is 13.8. The number of amides is 1. The van der Waals surface area contributed by atoms with Gasteiger partial charge in [-0.3, -0.25) is 14.3 Å².